The van der Waals surface area contributed by atoms with Crippen LogP contribution in [0.25, 0.3) is 0 Å². The number of ether oxygens (including phenoxy) is 2. The number of aliphatic hydroxyl groups is 1. The van der Waals surface area contributed by atoms with E-state index in [1.165, 1.54) is 14.0 Å². The zero-order valence-electron chi connectivity index (χ0n) is 11.7. The summed E-state index contributed by atoms with van der Waals surface area (Å²) in [5.74, 6) is -1.63. The van der Waals surface area contributed by atoms with Crippen molar-refractivity contribution in [3.8, 4) is 5.75 Å². The third kappa shape index (κ3) is 2.49. The van der Waals surface area contributed by atoms with Crippen LogP contribution in [-0.2, 0) is 4.74 Å². The van der Waals surface area contributed by atoms with Gasteiger partial charge in [0.1, 0.15) is 5.75 Å². The maximum atomic E-state index is 13.2. The fraction of sp³-hybridized carbons (Fsp3) is 0.571. The maximum Gasteiger partial charge on any atom is 0.417 e. The Kier molecular flexibility index (Phi) is 4.17. The summed E-state index contributed by atoms with van der Waals surface area (Å²) < 4.78 is 49.7. The molecule has 1 N–H and O–H groups in total. The van der Waals surface area contributed by atoms with Gasteiger partial charge in [-0.15, -0.1) is 0 Å². The van der Waals surface area contributed by atoms with Crippen LogP contribution in [0.5, 0.6) is 5.75 Å². The highest BCUT2D eigenvalue weighted by molar-refractivity contribution is 6.32. The van der Waals surface area contributed by atoms with Gasteiger partial charge in [0.15, 0.2) is 11.9 Å². The summed E-state index contributed by atoms with van der Waals surface area (Å²) in [5, 5.41) is 10.3. The van der Waals surface area contributed by atoms with Crippen LogP contribution in [0.2, 0.25) is 5.02 Å². The minimum Gasteiger partial charge on any atom is -0.495 e. The molecule has 1 saturated heterocycles. The first kappa shape index (κ1) is 16.4. The molecule has 7 heteroatoms. The minimum atomic E-state index is -4.59. The van der Waals surface area contributed by atoms with Crippen LogP contribution in [-0.4, -0.2) is 30.3 Å². The number of hydrogen-bond acceptors (Lipinski definition) is 3. The molecule has 3 nitrogen and oxygen atoms in total. The maximum absolute atomic E-state index is 13.2. The fourth-order valence-electron chi connectivity index (χ4n) is 2.77. The lowest BCUT2D eigenvalue weighted by atomic mass is 9.79. The van der Waals surface area contributed by atoms with Crippen molar-refractivity contribution in [1.29, 1.82) is 0 Å². The van der Waals surface area contributed by atoms with Crippen molar-refractivity contribution in [2.24, 2.45) is 5.92 Å². The zero-order chi connectivity index (χ0) is 16.0. The van der Waals surface area contributed by atoms with Crippen molar-refractivity contribution in [1.82, 2.24) is 0 Å². The van der Waals surface area contributed by atoms with Gasteiger partial charge in [0.25, 0.3) is 0 Å². The number of para-hydroxylation sites is 1. The zero-order valence-corrected chi connectivity index (χ0v) is 12.5. The summed E-state index contributed by atoms with van der Waals surface area (Å²) >= 11 is 5.99. The Morgan fingerprint density at radius 2 is 2.00 bits per heavy atom. The number of aliphatic hydroxyl groups excluding tert-OH is 1. The number of hydrogen-bond donors (Lipinski definition) is 1. The van der Waals surface area contributed by atoms with E-state index in [2.05, 4.69) is 0 Å². The summed E-state index contributed by atoms with van der Waals surface area (Å²) in [5.41, 5.74) is -2.03. The van der Waals surface area contributed by atoms with Gasteiger partial charge in [0.2, 0.25) is 0 Å². The Morgan fingerprint density at radius 3 is 2.48 bits per heavy atom. The molecule has 1 aliphatic heterocycles. The second-order valence-electron chi connectivity index (χ2n) is 5.29. The predicted octanol–water partition coefficient (Wildman–Crippen LogP) is 3.74. The fourth-order valence-corrected chi connectivity index (χ4v) is 3.03. The average Bonchev–Trinajstić information content (AvgIpc) is 2.60. The lowest BCUT2D eigenvalue weighted by molar-refractivity contribution is -0.291. The first-order valence-electron chi connectivity index (χ1n) is 6.38. The molecule has 21 heavy (non-hydrogen) atoms. The predicted molar refractivity (Wildman–Crippen MR) is 71.5 cm³/mol. The summed E-state index contributed by atoms with van der Waals surface area (Å²) in [7, 11) is 1.38. The van der Waals surface area contributed by atoms with E-state index in [1.54, 1.807) is 18.2 Å². The standard InChI is InChI=1S/C14H16ClF3O3/c1-7-10(8-5-4-6-9(15)11(8)20-3)12(19)21-13(7,2)14(16,17)18/h4-7,10,12,19H,1-3H3/t7?,10?,12-,13?/m1/s1. The molecule has 0 saturated carbocycles. The Hall–Kier alpha value is -0.980. The van der Waals surface area contributed by atoms with Crippen LogP contribution in [0.4, 0.5) is 13.2 Å². The quantitative estimate of drug-likeness (QED) is 0.900. The summed E-state index contributed by atoms with van der Waals surface area (Å²) in [4.78, 5) is 0. The molecule has 1 aromatic carbocycles. The second-order valence-corrected chi connectivity index (χ2v) is 5.70. The first-order valence-corrected chi connectivity index (χ1v) is 6.76. The Labute approximate surface area is 125 Å². The SMILES string of the molecule is COc1c(Cl)cccc1C1C(C)C(C)(C(F)(F)F)O[C@H]1O. The van der Waals surface area contributed by atoms with Crippen LogP contribution >= 0.6 is 11.6 Å². The van der Waals surface area contributed by atoms with Gasteiger partial charge >= 0.3 is 6.18 Å². The number of rotatable bonds is 2. The minimum absolute atomic E-state index is 0.255. The number of methoxy groups -OCH3 is 1. The molecule has 3 unspecified atom stereocenters. The van der Waals surface area contributed by atoms with Crippen LogP contribution in [0.15, 0.2) is 18.2 Å². The molecule has 0 amide bonds. The first-order chi connectivity index (χ1) is 9.63. The van der Waals surface area contributed by atoms with Crippen molar-refractivity contribution in [3.05, 3.63) is 28.8 Å². The number of alkyl halides is 3. The highest BCUT2D eigenvalue weighted by Crippen LogP contribution is 2.54. The average molecular weight is 325 g/mol. The van der Waals surface area contributed by atoms with E-state index in [1.807, 2.05) is 0 Å². The molecule has 118 valence electrons. The van der Waals surface area contributed by atoms with Gasteiger partial charge in [0.05, 0.1) is 12.1 Å². The normalized spacial score (nSPS) is 33.2. The topological polar surface area (TPSA) is 38.7 Å². The number of benzene rings is 1. The smallest absolute Gasteiger partial charge is 0.417 e. The van der Waals surface area contributed by atoms with Gasteiger partial charge in [-0.3, -0.25) is 0 Å². The van der Waals surface area contributed by atoms with Gasteiger partial charge in [-0.25, -0.2) is 0 Å². The third-order valence-electron chi connectivity index (χ3n) is 4.20. The van der Waals surface area contributed by atoms with E-state index in [-0.39, 0.29) is 10.8 Å². The molecule has 0 aromatic heterocycles. The molecule has 1 aromatic rings. The number of halogens is 4. The van der Waals surface area contributed by atoms with Crippen LogP contribution in [0.3, 0.4) is 0 Å². The molecule has 4 atom stereocenters. The summed E-state index contributed by atoms with van der Waals surface area (Å²) in [6.07, 6.45) is -6.17. The van der Waals surface area contributed by atoms with Crippen molar-refractivity contribution in [2.45, 2.75) is 37.8 Å². The van der Waals surface area contributed by atoms with Crippen LogP contribution in [0.1, 0.15) is 25.3 Å². The highest BCUT2D eigenvalue weighted by Gasteiger charge is 2.64. The van der Waals surface area contributed by atoms with Crippen molar-refractivity contribution in [2.75, 3.05) is 7.11 Å². The lowest BCUT2D eigenvalue weighted by Crippen LogP contribution is -2.46. The van der Waals surface area contributed by atoms with Gasteiger partial charge in [-0.1, -0.05) is 30.7 Å². The Bertz CT molecular complexity index is 535. The Morgan fingerprint density at radius 1 is 1.38 bits per heavy atom. The van der Waals surface area contributed by atoms with E-state index in [0.717, 1.165) is 6.92 Å². The van der Waals surface area contributed by atoms with Crippen molar-refractivity contribution in [3.63, 3.8) is 0 Å². The monoisotopic (exact) mass is 324 g/mol. The molecule has 0 aliphatic carbocycles. The van der Waals surface area contributed by atoms with Gasteiger partial charge in [-0.05, 0) is 13.0 Å². The van der Waals surface area contributed by atoms with Gasteiger partial charge in [0, 0.05) is 17.4 Å². The molecular formula is C14H16ClF3O3. The highest BCUT2D eigenvalue weighted by atomic mass is 35.5. The second kappa shape index (κ2) is 5.34. The van der Waals surface area contributed by atoms with Crippen LogP contribution in [0, 0.1) is 5.92 Å². The van der Waals surface area contributed by atoms with E-state index in [0.29, 0.717) is 5.56 Å². The van der Waals surface area contributed by atoms with E-state index < -0.39 is 29.9 Å². The summed E-state index contributed by atoms with van der Waals surface area (Å²) in [6.45, 7) is 2.34. The summed E-state index contributed by atoms with van der Waals surface area (Å²) in [6, 6.07) is 4.75. The van der Waals surface area contributed by atoms with E-state index >= 15 is 0 Å². The molecule has 1 aliphatic rings. The molecule has 2 rings (SSSR count). The van der Waals surface area contributed by atoms with Gasteiger partial charge < -0.3 is 14.6 Å². The Balaban J connectivity index is 2.49. The van der Waals surface area contributed by atoms with Crippen molar-refractivity contribution < 1.29 is 27.8 Å². The molecule has 1 fully saturated rings. The molecular weight excluding hydrogens is 309 g/mol. The lowest BCUT2D eigenvalue weighted by Gasteiger charge is -2.31. The van der Waals surface area contributed by atoms with E-state index in [4.69, 9.17) is 21.1 Å². The molecule has 0 spiro atoms. The molecule has 0 bridgehead atoms. The molecule has 1 heterocycles. The van der Waals surface area contributed by atoms with Crippen molar-refractivity contribution >= 4 is 11.6 Å². The van der Waals surface area contributed by atoms with E-state index in [9.17, 15) is 18.3 Å². The van der Waals surface area contributed by atoms with Gasteiger partial charge in [-0.2, -0.15) is 13.2 Å². The van der Waals surface area contributed by atoms with Crippen LogP contribution < -0.4 is 4.74 Å². The molecule has 0 radical (unpaired) electrons. The third-order valence-corrected chi connectivity index (χ3v) is 4.50. The largest absolute Gasteiger partial charge is 0.495 e.